The third-order valence-corrected chi connectivity index (χ3v) is 2.80. The van der Waals surface area contributed by atoms with Gasteiger partial charge in [-0.15, -0.1) is 0 Å². The quantitative estimate of drug-likeness (QED) is 0.862. The lowest BCUT2D eigenvalue weighted by molar-refractivity contribution is -0.153. The minimum Gasteiger partial charge on any atom is -0.481 e. The highest BCUT2D eigenvalue weighted by atomic mass is 35.5. The van der Waals surface area contributed by atoms with E-state index in [0.717, 1.165) is 6.07 Å². The van der Waals surface area contributed by atoms with Crippen molar-refractivity contribution in [2.75, 3.05) is 0 Å². The lowest BCUT2D eigenvalue weighted by atomic mass is 9.83. The van der Waals surface area contributed by atoms with E-state index >= 15 is 0 Å². The molecule has 0 radical (unpaired) electrons. The first-order valence-corrected chi connectivity index (χ1v) is 5.01. The Morgan fingerprint density at radius 2 is 2.06 bits per heavy atom. The molecule has 0 fully saturated rings. The number of rotatable bonds is 3. The van der Waals surface area contributed by atoms with Crippen LogP contribution in [0.3, 0.4) is 0 Å². The number of hydrogen-bond donors (Lipinski definition) is 2. The van der Waals surface area contributed by atoms with Crippen LogP contribution in [0.15, 0.2) is 18.2 Å². The molecule has 0 heterocycles. The highest BCUT2D eigenvalue weighted by Crippen LogP contribution is 2.34. The molecule has 1 aromatic carbocycles. The Balaban J connectivity index is 3.10. The molecule has 88 valence electrons. The van der Waals surface area contributed by atoms with E-state index in [1.807, 2.05) is 0 Å². The minimum atomic E-state index is -1.39. The fourth-order valence-corrected chi connectivity index (χ4v) is 1.33. The average Bonchev–Trinajstić information content (AvgIpc) is 2.20. The largest absolute Gasteiger partial charge is 0.481 e. The molecule has 0 saturated heterocycles. The Morgan fingerprint density at radius 3 is 2.50 bits per heavy atom. The smallest absolute Gasteiger partial charge is 0.312 e. The number of halogens is 2. The second kappa shape index (κ2) is 4.39. The summed E-state index contributed by atoms with van der Waals surface area (Å²) >= 11 is 5.49. The van der Waals surface area contributed by atoms with Crippen molar-refractivity contribution in [1.82, 2.24) is 0 Å². The first-order valence-electron chi connectivity index (χ1n) is 4.63. The van der Waals surface area contributed by atoms with Gasteiger partial charge in [0.05, 0.1) is 16.5 Å². The Kier molecular flexibility index (Phi) is 3.55. The number of carboxylic acids is 1. The Morgan fingerprint density at radius 1 is 1.50 bits per heavy atom. The normalized spacial score (nSPS) is 13.6. The van der Waals surface area contributed by atoms with Gasteiger partial charge in [-0.25, -0.2) is 4.39 Å². The van der Waals surface area contributed by atoms with E-state index in [2.05, 4.69) is 0 Å². The zero-order valence-corrected chi connectivity index (χ0v) is 9.62. The van der Waals surface area contributed by atoms with Crippen LogP contribution >= 0.6 is 11.6 Å². The van der Waals surface area contributed by atoms with Gasteiger partial charge in [-0.1, -0.05) is 17.7 Å². The fraction of sp³-hybridized carbons (Fsp3) is 0.364. The highest BCUT2D eigenvalue weighted by molar-refractivity contribution is 6.30. The van der Waals surface area contributed by atoms with Crippen molar-refractivity contribution in [3.8, 4) is 0 Å². The zero-order valence-electron chi connectivity index (χ0n) is 8.87. The van der Waals surface area contributed by atoms with Gasteiger partial charge in [0.25, 0.3) is 0 Å². The summed E-state index contributed by atoms with van der Waals surface area (Å²) in [5.41, 5.74) is -1.20. The van der Waals surface area contributed by atoms with Gasteiger partial charge in [0.2, 0.25) is 0 Å². The number of benzene rings is 1. The average molecular weight is 247 g/mol. The van der Waals surface area contributed by atoms with Crippen LogP contribution in [0.4, 0.5) is 4.39 Å². The number of carboxylic acid groups (broad SMARTS) is 1. The van der Waals surface area contributed by atoms with Gasteiger partial charge in [0.15, 0.2) is 0 Å². The topological polar surface area (TPSA) is 57.5 Å². The molecule has 1 aromatic rings. The highest BCUT2D eigenvalue weighted by Gasteiger charge is 2.36. The summed E-state index contributed by atoms with van der Waals surface area (Å²) in [7, 11) is 0. The first-order chi connectivity index (χ1) is 7.26. The van der Waals surface area contributed by atoms with Crippen molar-refractivity contribution in [2.45, 2.75) is 20.0 Å². The van der Waals surface area contributed by atoms with E-state index in [1.165, 1.54) is 26.0 Å². The summed E-state index contributed by atoms with van der Waals surface area (Å²) < 4.78 is 13.1. The molecule has 3 nitrogen and oxygen atoms in total. The predicted octanol–water partition coefficient (Wildman–Crippen LogP) is 2.62. The molecule has 0 amide bonds. The van der Waals surface area contributed by atoms with E-state index in [1.54, 1.807) is 0 Å². The lowest BCUT2D eigenvalue weighted by Crippen LogP contribution is -2.31. The van der Waals surface area contributed by atoms with Crippen LogP contribution in [0.1, 0.15) is 25.5 Å². The maximum atomic E-state index is 13.1. The Bertz CT molecular complexity index is 418. The molecular formula is C11H12ClFO3. The zero-order chi connectivity index (χ0) is 12.5. The van der Waals surface area contributed by atoms with Gasteiger partial charge >= 0.3 is 5.97 Å². The van der Waals surface area contributed by atoms with E-state index in [4.69, 9.17) is 16.7 Å². The molecule has 0 aliphatic carbocycles. The molecule has 1 atom stereocenters. The Labute approximate surface area is 97.5 Å². The van der Waals surface area contributed by atoms with Gasteiger partial charge < -0.3 is 10.2 Å². The maximum Gasteiger partial charge on any atom is 0.312 e. The molecular weight excluding hydrogens is 235 g/mol. The van der Waals surface area contributed by atoms with Gasteiger partial charge in [-0.3, -0.25) is 4.79 Å². The second-order valence-corrected chi connectivity index (χ2v) is 4.51. The lowest BCUT2D eigenvalue weighted by Gasteiger charge is -2.26. The second-order valence-electron chi connectivity index (χ2n) is 4.10. The van der Waals surface area contributed by atoms with Crippen molar-refractivity contribution in [2.24, 2.45) is 5.41 Å². The van der Waals surface area contributed by atoms with Crippen LogP contribution in [-0.4, -0.2) is 16.2 Å². The van der Waals surface area contributed by atoms with E-state index in [0.29, 0.717) is 0 Å². The van der Waals surface area contributed by atoms with Crippen LogP contribution in [0.25, 0.3) is 0 Å². The third-order valence-electron chi connectivity index (χ3n) is 2.49. The van der Waals surface area contributed by atoms with E-state index in [-0.39, 0.29) is 10.6 Å². The number of aliphatic hydroxyl groups excluding tert-OH is 1. The third kappa shape index (κ3) is 2.33. The minimum absolute atomic E-state index is 0.0657. The molecule has 0 aliphatic heterocycles. The molecule has 1 unspecified atom stereocenters. The summed E-state index contributed by atoms with van der Waals surface area (Å²) in [6.07, 6.45) is -1.29. The van der Waals surface area contributed by atoms with Crippen molar-refractivity contribution in [1.29, 1.82) is 0 Å². The van der Waals surface area contributed by atoms with Crippen LogP contribution in [0.5, 0.6) is 0 Å². The van der Waals surface area contributed by atoms with E-state index < -0.39 is 23.3 Å². The summed E-state index contributed by atoms with van der Waals surface area (Å²) in [6.45, 7) is 2.74. The van der Waals surface area contributed by atoms with Crippen LogP contribution in [0, 0.1) is 11.2 Å². The number of carbonyl (C=O) groups is 1. The number of aliphatic carboxylic acids is 1. The summed E-state index contributed by atoms with van der Waals surface area (Å²) in [4.78, 5) is 10.9. The molecule has 0 spiro atoms. The number of hydrogen-bond acceptors (Lipinski definition) is 2. The fourth-order valence-electron chi connectivity index (χ4n) is 1.22. The van der Waals surface area contributed by atoms with Crippen molar-refractivity contribution in [3.05, 3.63) is 34.6 Å². The van der Waals surface area contributed by atoms with Gasteiger partial charge in [0, 0.05) is 0 Å². The molecule has 0 bridgehead atoms. The molecule has 2 N–H and O–H groups in total. The SMILES string of the molecule is CC(C)(C(=O)O)C(O)c1ccc(Cl)c(F)c1. The Hall–Kier alpha value is -1.13. The van der Waals surface area contributed by atoms with Crippen molar-refractivity contribution >= 4 is 17.6 Å². The van der Waals surface area contributed by atoms with Crippen molar-refractivity contribution in [3.63, 3.8) is 0 Å². The van der Waals surface area contributed by atoms with Crippen LogP contribution < -0.4 is 0 Å². The van der Waals surface area contributed by atoms with Gasteiger partial charge in [-0.2, -0.15) is 0 Å². The van der Waals surface area contributed by atoms with Crippen molar-refractivity contribution < 1.29 is 19.4 Å². The predicted molar refractivity (Wildman–Crippen MR) is 57.8 cm³/mol. The summed E-state index contributed by atoms with van der Waals surface area (Å²) in [5, 5.41) is 18.7. The van der Waals surface area contributed by atoms with Crippen LogP contribution in [-0.2, 0) is 4.79 Å². The molecule has 5 heteroatoms. The molecule has 1 rings (SSSR count). The van der Waals surface area contributed by atoms with E-state index in [9.17, 15) is 14.3 Å². The standard InChI is InChI=1S/C11H12ClFO3/c1-11(2,10(15)16)9(14)6-3-4-7(12)8(13)5-6/h3-5,9,14H,1-2H3,(H,15,16). The number of aliphatic hydroxyl groups is 1. The molecule has 16 heavy (non-hydrogen) atoms. The first kappa shape index (κ1) is 12.9. The summed E-state index contributed by atoms with van der Waals surface area (Å²) in [6, 6.07) is 3.73. The van der Waals surface area contributed by atoms with Gasteiger partial charge in [-0.05, 0) is 31.5 Å². The molecule has 0 aliphatic rings. The van der Waals surface area contributed by atoms with Gasteiger partial charge in [0.1, 0.15) is 5.82 Å². The molecule has 0 aromatic heterocycles. The summed E-state index contributed by atoms with van der Waals surface area (Å²) in [5.74, 6) is -1.84. The monoisotopic (exact) mass is 246 g/mol. The molecule has 0 saturated carbocycles. The maximum absolute atomic E-state index is 13.1. The van der Waals surface area contributed by atoms with Crippen LogP contribution in [0.2, 0.25) is 5.02 Å².